The van der Waals surface area contributed by atoms with E-state index in [-0.39, 0.29) is 17.7 Å². The largest absolute Gasteiger partial charge is 0.481 e. The Morgan fingerprint density at radius 2 is 1.75 bits per heavy atom. The smallest absolute Gasteiger partial charge is 0.306 e. The van der Waals surface area contributed by atoms with Crippen LogP contribution in [0, 0.1) is 11.8 Å². The molecule has 1 N–H and O–H groups in total. The number of aliphatic carboxylic acids is 1. The average molecular weight is 282 g/mol. The van der Waals surface area contributed by atoms with Gasteiger partial charge in [0.05, 0.1) is 5.92 Å². The Morgan fingerprint density at radius 1 is 1.15 bits per heavy atom. The molecule has 2 aliphatic rings. The Balaban J connectivity index is 1.82. The van der Waals surface area contributed by atoms with Crippen molar-refractivity contribution < 1.29 is 14.7 Å². The molecule has 3 atom stereocenters. The highest BCUT2D eigenvalue weighted by atomic mass is 16.4. The molecule has 1 saturated heterocycles. The maximum Gasteiger partial charge on any atom is 0.306 e. The van der Waals surface area contributed by atoms with Crippen molar-refractivity contribution >= 4 is 11.9 Å². The first kappa shape index (κ1) is 15.3. The van der Waals surface area contributed by atoms with E-state index in [1.165, 1.54) is 0 Å². The molecule has 0 aromatic rings. The van der Waals surface area contributed by atoms with Gasteiger partial charge in [-0.25, -0.2) is 0 Å². The summed E-state index contributed by atoms with van der Waals surface area (Å²) in [6.45, 7) is 7.87. The van der Waals surface area contributed by atoms with Gasteiger partial charge in [0.25, 0.3) is 0 Å². The molecule has 2 fully saturated rings. The summed E-state index contributed by atoms with van der Waals surface area (Å²) in [5, 5.41) is 9.01. The van der Waals surface area contributed by atoms with Gasteiger partial charge in [0, 0.05) is 38.1 Å². The van der Waals surface area contributed by atoms with Crippen LogP contribution < -0.4 is 0 Å². The zero-order valence-corrected chi connectivity index (χ0v) is 12.5. The Hall–Kier alpha value is -1.10. The number of hydrogen-bond acceptors (Lipinski definition) is 3. The molecule has 114 valence electrons. The number of nitrogens with zero attached hydrogens (tertiary/aromatic N) is 2. The van der Waals surface area contributed by atoms with Crippen molar-refractivity contribution in [3.8, 4) is 0 Å². The maximum atomic E-state index is 12.4. The highest BCUT2D eigenvalue weighted by Gasteiger charge is 2.36. The highest BCUT2D eigenvalue weighted by molar-refractivity contribution is 5.81. The van der Waals surface area contributed by atoms with Crippen molar-refractivity contribution in [2.45, 2.75) is 45.6 Å². The van der Waals surface area contributed by atoms with Gasteiger partial charge in [0.15, 0.2) is 0 Å². The fraction of sp³-hybridized carbons (Fsp3) is 0.867. The minimum Gasteiger partial charge on any atom is -0.481 e. The summed E-state index contributed by atoms with van der Waals surface area (Å²) in [4.78, 5) is 27.8. The second-order valence-electron chi connectivity index (χ2n) is 6.16. The van der Waals surface area contributed by atoms with E-state index in [9.17, 15) is 9.59 Å². The van der Waals surface area contributed by atoms with Gasteiger partial charge in [-0.1, -0.05) is 6.92 Å². The van der Waals surface area contributed by atoms with Crippen LogP contribution in [0.2, 0.25) is 0 Å². The predicted octanol–water partition coefficient (Wildman–Crippen LogP) is 1.43. The van der Waals surface area contributed by atoms with Crippen LogP contribution in [0.1, 0.15) is 39.5 Å². The molecular formula is C15H26N2O3. The summed E-state index contributed by atoms with van der Waals surface area (Å²) in [7, 11) is 0. The lowest BCUT2D eigenvalue weighted by Crippen LogP contribution is -2.52. The molecule has 5 heteroatoms. The first-order valence-electron chi connectivity index (χ1n) is 7.78. The second kappa shape index (κ2) is 6.57. The van der Waals surface area contributed by atoms with Crippen molar-refractivity contribution in [3.05, 3.63) is 0 Å². The van der Waals surface area contributed by atoms with Crippen LogP contribution in [-0.2, 0) is 9.59 Å². The predicted molar refractivity (Wildman–Crippen MR) is 76.4 cm³/mol. The van der Waals surface area contributed by atoms with Gasteiger partial charge in [0.2, 0.25) is 5.91 Å². The Bertz CT molecular complexity index is 364. The third-order valence-corrected chi connectivity index (χ3v) is 4.97. The summed E-state index contributed by atoms with van der Waals surface area (Å²) in [6, 6.07) is 0.579. The molecule has 0 radical (unpaired) electrons. The van der Waals surface area contributed by atoms with Crippen LogP contribution in [0.15, 0.2) is 0 Å². The lowest BCUT2D eigenvalue weighted by atomic mass is 10.0. The topological polar surface area (TPSA) is 60.9 Å². The molecule has 0 aromatic heterocycles. The number of carbonyl (C=O) groups is 2. The van der Waals surface area contributed by atoms with E-state index in [1.807, 2.05) is 4.90 Å². The number of carboxylic acids is 1. The summed E-state index contributed by atoms with van der Waals surface area (Å²) in [5.74, 6) is -0.948. The van der Waals surface area contributed by atoms with E-state index in [1.54, 1.807) is 0 Å². The first-order valence-corrected chi connectivity index (χ1v) is 7.78. The van der Waals surface area contributed by atoms with E-state index in [0.29, 0.717) is 18.9 Å². The Kier molecular flexibility index (Phi) is 5.02. The SMILES string of the molecule is CCC(C)N1CCN(C(=O)C2CCC(C(=O)O)C2)CC1. The summed E-state index contributed by atoms with van der Waals surface area (Å²) >= 11 is 0. The van der Waals surface area contributed by atoms with E-state index >= 15 is 0 Å². The molecule has 2 rings (SSSR count). The number of carbonyl (C=O) groups excluding carboxylic acids is 1. The zero-order chi connectivity index (χ0) is 14.7. The van der Waals surface area contributed by atoms with Gasteiger partial charge in [0.1, 0.15) is 0 Å². The molecule has 1 aliphatic carbocycles. The minimum atomic E-state index is -0.748. The molecule has 3 unspecified atom stereocenters. The van der Waals surface area contributed by atoms with Crippen molar-refractivity contribution in [1.82, 2.24) is 9.80 Å². The van der Waals surface area contributed by atoms with E-state index in [0.717, 1.165) is 39.0 Å². The van der Waals surface area contributed by atoms with Crippen LogP contribution in [0.3, 0.4) is 0 Å². The third kappa shape index (κ3) is 3.32. The van der Waals surface area contributed by atoms with Gasteiger partial charge in [-0.2, -0.15) is 0 Å². The Morgan fingerprint density at radius 3 is 2.25 bits per heavy atom. The third-order valence-electron chi connectivity index (χ3n) is 4.97. The molecule has 0 spiro atoms. The average Bonchev–Trinajstić information content (AvgIpc) is 2.96. The number of rotatable bonds is 4. The second-order valence-corrected chi connectivity index (χ2v) is 6.16. The molecule has 1 heterocycles. The monoisotopic (exact) mass is 282 g/mol. The number of carboxylic acid groups (broad SMARTS) is 1. The number of piperazine rings is 1. The fourth-order valence-electron chi connectivity index (χ4n) is 3.33. The standard InChI is InChI=1S/C15H26N2O3/c1-3-11(2)16-6-8-17(9-7-16)14(18)12-4-5-13(10-12)15(19)20/h11-13H,3-10H2,1-2H3,(H,19,20). The molecule has 1 amide bonds. The van der Waals surface area contributed by atoms with Crippen molar-refractivity contribution in [1.29, 1.82) is 0 Å². The normalized spacial score (nSPS) is 29.4. The van der Waals surface area contributed by atoms with E-state index < -0.39 is 5.97 Å². The molecule has 5 nitrogen and oxygen atoms in total. The van der Waals surface area contributed by atoms with Crippen LogP contribution >= 0.6 is 0 Å². The molecular weight excluding hydrogens is 256 g/mol. The van der Waals surface area contributed by atoms with E-state index in [2.05, 4.69) is 18.7 Å². The number of hydrogen-bond donors (Lipinski definition) is 1. The summed E-state index contributed by atoms with van der Waals surface area (Å²) in [5.41, 5.74) is 0. The summed E-state index contributed by atoms with van der Waals surface area (Å²) in [6.07, 6.45) is 3.05. The molecule has 1 aliphatic heterocycles. The van der Waals surface area contributed by atoms with Crippen LogP contribution in [-0.4, -0.2) is 59.0 Å². The molecule has 0 aromatic carbocycles. The summed E-state index contributed by atoms with van der Waals surface area (Å²) < 4.78 is 0. The van der Waals surface area contributed by atoms with Gasteiger partial charge in [-0.15, -0.1) is 0 Å². The van der Waals surface area contributed by atoms with Crippen molar-refractivity contribution in [3.63, 3.8) is 0 Å². The van der Waals surface area contributed by atoms with E-state index in [4.69, 9.17) is 5.11 Å². The first-order chi connectivity index (χ1) is 9.52. The minimum absolute atomic E-state index is 0.0637. The molecule has 1 saturated carbocycles. The van der Waals surface area contributed by atoms with Gasteiger partial charge in [-0.3, -0.25) is 14.5 Å². The number of amides is 1. The van der Waals surface area contributed by atoms with Gasteiger partial charge in [-0.05, 0) is 32.6 Å². The van der Waals surface area contributed by atoms with Crippen LogP contribution in [0.4, 0.5) is 0 Å². The molecule has 20 heavy (non-hydrogen) atoms. The van der Waals surface area contributed by atoms with Crippen LogP contribution in [0.25, 0.3) is 0 Å². The maximum absolute atomic E-state index is 12.4. The Labute approximate surface area is 120 Å². The lowest BCUT2D eigenvalue weighted by Gasteiger charge is -2.38. The quantitative estimate of drug-likeness (QED) is 0.847. The lowest BCUT2D eigenvalue weighted by molar-refractivity contribution is -0.142. The van der Waals surface area contributed by atoms with Crippen molar-refractivity contribution in [2.24, 2.45) is 11.8 Å². The highest BCUT2D eigenvalue weighted by Crippen LogP contribution is 2.32. The zero-order valence-electron chi connectivity index (χ0n) is 12.5. The van der Waals surface area contributed by atoms with Crippen molar-refractivity contribution in [2.75, 3.05) is 26.2 Å². The van der Waals surface area contributed by atoms with Gasteiger partial charge < -0.3 is 10.0 Å². The fourth-order valence-corrected chi connectivity index (χ4v) is 3.33. The van der Waals surface area contributed by atoms with Crippen LogP contribution in [0.5, 0.6) is 0 Å². The van der Waals surface area contributed by atoms with Gasteiger partial charge >= 0.3 is 5.97 Å². The molecule has 0 bridgehead atoms.